The first kappa shape index (κ1) is 19.7. The summed E-state index contributed by atoms with van der Waals surface area (Å²) in [6, 6.07) is 7.85. The normalized spacial score (nSPS) is 23.0. The van der Waals surface area contributed by atoms with Gasteiger partial charge in [-0.3, -0.25) is 19.3 Å². The summed E-state index contributed by atoms with van der Waals surface area (Å²) in [6.45, 7) is -0.279. The van der Waals surface area contributed by atoms with Gasteiger partial charge in [0.2, 0.25) is 0 Å². The zero-order chi connectivity index (χ0) is 20.3. The van der Waals surface area contributed by atoms with Crippen LogP contribution in [0.2, 0.25) is 0 Å². The maximum atomic E-state index is 12.4. The van der Waals surface area contributed by atoms with Gasteiger partial charge in [-0.25, -0.2) is 4.79 Å². The van der Waals surface area contributed by atoms with Gasteiger partial charge in [0.15, 0.2) is 6.61 Å². The van der Waals surface area contributed by atoms with E-state index >= 15 is 0 Å². The summed E-state index contributed by atoms with van der Waals surface area (Å²) in [4.78, 5) is 48.6. The third kappa shape index (κ3) is 4.11. The van der Waals surface area contributed by atoms with E-state index in [1.165, 1.54) is 24.9 Å². The van der Waals surface area contributed by atoms with Crippen molar-refractivity contribution in [2.75, 3.05) is 13.7 Å². The molecule has 2 amide bonds. The van der Waals surface area contributed by atoms with E-state index in [1.54, 1.807) is 24.3 Å². The molecule has 2 heterocycles. The molecule has 10 heteroatoms. The largest absolute Gasteiger partial charge is 0.484 e. The maximum Gasteiger partial charge on any atom is 0.352 e. The summed E-state index contributed by atoms with van der Waals surface area (Å²) in [7, 11) is 1.24. The molecule has 9 nitrogen and oxygen atoms in total. The number of carbonyl (C=O) groups is 4. The van der Waals surface area contributed by atoms with E-state index < -0.39 is 40.4 Å². The molecule has 148 valence electrons. The smallest absolute Gasteiger partial charge is 0.352 e. The van der Waals surface area contributed by atoms with Crippen molar-refractivity contribution in [3.63, 3.8) is 0 Å². The Bertz CT molecular complexity index is 826. The lowest BCUT2D eigenvalue weighted by Crippen LogP contribution is -2.71. The highest BCUT2D eigenvalue weighted by molar-refractivity contribution is 8.00. The monoisotopic (exact) mass is 406 g/mol. The van der Waals surface area contributed by atoms with Gasteiger partial charge in [0.25, 0.3) is 11.8 Å². The summed E-state index contributed by atoms with van der Waals surface area (Å²) in [5, 5.41) is 10.9. The van der Waals surface area contributed by atoms with Crippen LogP contribution in [-0.2, 0) is 23.9 Å². The van der Waals surface area contributed by atoms with Crippen molar-refractivity contribution < 1.29 is 33.8 Å². The summed E-state index contributed by atoms with van der Waals surface area (Å²) in [5.74, 6) is -2.27. The lowest BCUT2D eigenvalue weighted by atomic mass is 10.0. The molecule has 0 radical (unpaired) electrons. The van der Waals surface area contributed by atoms with Gasteiger partial charge < -0.3 is 19.9 Å². The van der Waals surface area contributed by atoms with Crippen molar-refractivity contribution in [1.29, 1.82) is 0 Å². The number of hydrogen-bond donors (Lipinski definition) is 2. The van der Waals surface area contributed by atoms with Crippen molar-refractivity contribution >= 4 is 35.5 Å². The fourth-order valence-corrected chi connectivity index (χ4v) is 4.36. The van der Waals surface area contributed by atoms with Crippen molar-refractivity contribution in [2.45, 2.75) is 23.1 Å². The van der Waals surface area contributed by atoms with Crippen LogP contribution in [0, 0.1) is 0 Å². The van der Waals surface area contributed by atoms with E-state index in [4.69, 9.17) is 4.74 Å². The number of nitrogens with one attached hydrogen (secondary N) is 1. The van der Waals surface area contributed by atoms with E-state index in [2.05, 4.69) is 10.1 Å². The van der Waals surface area contributed by atoms with Crippen LogP contribution in [0.15, 0.2) is 42.1 Å². The predicted molar refractivity (Wildman–Crippen MR) is 98.2 cm³/mol. The average molecular weight is 406 g/mol. The van der Waals surface area contributed by atoms with E-state index in [1.807, 2.05) is 6.07 Å². The number of amides is 2. The molecular formula is C18H18N2O7S. The van der Waals surface area contributed by atoms with Gasteiger partial charge in [-0.15, -0.1) is 11.8 Å². The fraction of sp³-hybridized carbons (Fsp3) is 0.333. The molecule has 1 unspecified atom stereocenters. The Morgan fingerprint density at radius 3 is 2.61 bits per heavy atom. The van der Waals surface area contributed by atoms with Gasteiger partial charge in [0.1, 0.15) is 22.9 Å². The number of para-hydroxylation sites is 1. The zero-order valence-electron chi connectivity index (χ0n) is 14.9. The van der Waals surface area contributed by atoms with Crippen LogP contribution in [0.1, 0.15) is 6.42 Å². The number of carbonyl (C=O) groups excluding carboxylic acids is 3. The molecule has 1 aromatic rings. The third-order valence-electron chi connectivity index (χ3n) is 4.20. The first-order valence-electron chi connectivity index (χ1n) is 8.38. The average Bonchev–Trinajstić information content (AvgIpc) is 2.70. The minimum Gasteiger partial charge on any atom is -0.484 e. The van der Waals surface area contributed by atoms with Gasteiger partial charge in [-0.2, -0.15) is 0 Å². The summed E-state index contributed by atoms with van der Waals surface area (Å²) in [6.07, 6.45) is 1.32. The van der Waals surface area contributed by atoms with Crippen LogP contribution < -0.4 is 10.1 Å². The molecule has 0 spiro atoms. The Morgan fingerprint density at radius 1 is 1.25 bits per heavy atom. The summed E-state index contributed by atoms with van der Waals surface area (Å²) < 4.78 is 9.97. The van der Waals surface area contributed by atoms with Crippen LogP contribution in [0.4, 0.5) is 0 Å². The lowest BCUT2D eigenvalue weighted by molar-refractivity contribution is -0.151. The van der Waals surface area contributed by atoms with Crippen molar-refractivity contribution in [2.24, 2.45) is 0 Å². The second-order valence-electron chi connectivity index (χ2n) is 6.06. The number of fused-ring (bicyclic) bond motifs is 1. The molecule has 0 saturated carbocycles. The number of benzene rings is 1. The zero-order valence-corrected chi connectivity index (χ0v) is 15.7. The molecule has 28 heavy (non-hydrogen) atoms. The number of methoxy groups -OCH3 is 1. The van der Waals surface area contributed by atoms with Crippen molar-refractivity contribution in [1.82, 2.24) is 10.2 Å². The third-order valence-corrected chi connectivity index (χ3v) is 5.62. The number of carboxylic acids is 1. The molecule has 3 rings (SSSR count). The molecular weight excluding hydrogens is 388 g/mol. The lowest BCUT2D eigenvalue weighted by Gasteiger charge is -2.49. The van der Waals surface area contributed by atoms with Gasteiger partial charge in [0.05, 0.1) is 13.5 Å². The Morgan fingerprint density at radius 2 is 1.96 bits per heavy atom. The molecule has 1 saturated heterocycles. The van der Waals surface area contributed by atoms with Crippen LogP contribution in [0.5, 0.6) is 5.75 Å². The molecule has 3 atom stereocenters. The highest BCUT2D eigenvalue weighted by atomic mass is 32.2. The van der Waals surface area contributed by atoms with Gasteiger partial charge in [0, 0.05) is 5.25 Å². The second kappa shape index (κ2) is 8.34. The number of rotatable bonds is 7. The van der Waals surface area contributed by atoms with Crippen LogP contribution in [-0.4, -0.2) is 64.1 Å². The summed E-state index contributed by atoms with van der Waals surface area (Å²) in [5.41, 5.74) is -0.200. The minimum atomic E-state index is -1.27. The standard InChI is InChI=1S/C18H18N2O7S/c1-26-14(22)8-11-7-12(18(24)25)20-16(23)15(17(20)28-11)19-13(21)9-27-10-5-3-2-4-6-10/h2-7,11,15,17H,8-9H2,1H3,(H,19,21)(H,24,25)/t11?,15-,17-/m1/s1. The minimum absolute atomic E-state index is 0.0335. The number of ether oxygens (including phenoxy) is 2. The van der Waals surface area contributed by atoms with E-state index in [9.17, 15) is 24.3 Å². The summed E-state index contributed by atoms with van der Waals surface area (Å²) >= 11 is 1.22. The van der Waals surface area contributed by atoms with E-state index in [-0.39, 0.29) is 18.7 Å². The van der Waals surface area contributed by atoms with Crippen LogP contribution in [0.3, 0.4) is 0 Å². The molecule has 1 aromatic carbocycles. The van der Waals surface area contributed by atoms with Crippen LogP contribution >= 0.6 is 11.8 Å². The maximum absolute atomic E-state index is 12.4. The number of nitrogens with zero attached hydrogens (tertiary/aromatic N) is 1. The number of carboxylic acid groups (broad SMARTS) is 1. The SMILES string of the molecule is COC(=O)CC1C=C(C(=O)O)N2C(=O)[C@@H](NC(=O)COc3ccccc3)[C@H]2S1. The fourth-order valence-electron chi connectivity index (χ4n) is 2.88. The Kier molecular flexibility index (Phi) is 5.88. The number of aliphatic carboxylic acids is 1. The van der Waals surface area contributed by atoms with E-state index in [0.29, 0.717) is 5.75 Å². The van der Waals surface area contributed by atoms with Crippen molar-refractivity contribution in [3.8, 4) is 5.75 Å². The van der Waals surface area contributed by atoms with Gasteiger partial charge in [-0.1, -0.05) is 18.2 Å². The quantitative estimate of drug-likeness (QED) is 0.492. The molecule has 0 aromatic heterocycles. The Balaban J connectivity index is 1.64. The first-order chi connectivity index (χ1) is 13.4. The van der Waals surface area contributed by atoms with E-state index in [0.717, 1.165) is 4.90 Å². The Labute approximate surface area is 164 Å². The number of β-lactam (4-membered cyclic amide) rings is 1. The topological polar surface area (TPSA) is 122 Å². The van der Waals surface area contributed by atoms with Crippen molar-refractivity contribution in [3.05, 3.63) is 42.1 Å². The number of esters is 1. The highest BCUT2D eigenvalue weighted by Crippen LogP contribution is 2.41. The van der Waals surface area contributed by atoms with Gasteiger partial charge in [-0.05, 0) is 18.2 Å². The first-order valence-corrected chi connectivity index (χ1v) is 9.32. The molecule has 0 aliphatic carbocycles. The highest BCUT2D eigenvalue weighted by Gasteiger charge is 2.54. The molecule has 1 fully saturated rings. The number of thioether (sulfide) groups is 1. The Hall–Kier alpha value is -3.01. The number of hydrogen-bond acceptors (Lipinski definition) is 7. The molecule has 0 bridgehead atoms. The predicted octanol–water partition coefficient (Wildman–Crippen LogP) is 0.366. The van der Waals surface area contributed by atoms with Crippen LogP contribution in [0.25, 0.3) is 0 Å². The molecule has 2 aliphatic heterocycles. The second-order valence-corrected chi connectivity index (χ2v) is 7.42. The molecule has 2 aliphatic rings. The van der Waals surface area contributed by atoms with Gasteiger partial charge >= 0.3 is 11.9 Å². The molecule has 2 N–H and O–H groups in total.